The average Bonchev–Trinajstić information content (AvgIpc) is 2.61. The molecule has 0 radical (unpaired) electrons. The number of amides is 1. The lowest BCUT2D eigenvalue weighted by Crippen LogP contribution is -2.42. The summed E-state index contributed by atoms with van der Waals surface area (Å²) in [7, 11) is 0. The Hall–Kier alpha value is -2.54. The van der Waals surface area contributed by atoms with Gasteiger partial charge in [-0.2, -0.15) is 0 Å². The third-order valence-electron chi connectivity index (χ3n) is 4.11. The molecule has 126 valence electrons. The van der Waals surface area contributed by atoms with Crippen LogP contribution in [0.1, 0.15) is 30.3 Å². The van der Waals surface area contributed by atoms with Gasteiger partial charge in [-0.15, -0.1) is 0 Å². The first kappa shape index (κ1) is 16.3. The lowest BCUT2D eigenvalue weighted by molar-refractivity contribution is -0.130. The van der Waals surface area contributed by atoms with E-state index in [0.717, 1.165) is 42.5 Å². The van der Waals surface area contributed by atoms with Gasteiger partial charge < -0.3 is 16.0 Å². The minimum Gasteiger partial charge on any atom is -0.341 e. The summed E-state index contributed by atoms with van der Waals surface area (Å²) in [4.78, 5) is 27.1. The van der Waals surface area contributed by atoms with E-state index in [2.05, 4.69) is 20.3 Å². The summed E-state index contributed by atoms with van der Waals surface area (Å²) in [5, 5.41) is 3.21. The largest absolute Gasteiger partial charge is 0.341 e. The molecule has 2 aromatic rings. The number of rotatable bonds is 4. The highest BCUT2D eigenvalue weighted by Crippen LogP contribution is 2.26. The number of likely N-dealkylation sites (tertiary alicyclic amines) is 1. The zero-order valence-corrected chi connectivity index (χ0v) is 13.8. The number of carbonyl (C=O) groups excluding carboxylic acids is 1. The Balaban J connectivity index is 1.79. The molecule has 24 heavy (non-hydrogen) atoms. The predicted molar refractivity (Wildman–Crippen MR) is 91.9 cm³/mol. The van der Waals surface area contributed by atoms with Crippen LogP contribution in [0.4, 0.5) is 11.6 Å². The van der Waals surface area contributed by atoms with Crippen LogP contribution in [0, 0.1) is 6.92 Å². The standard InChI is InChI=1S/C17H22N6O/c1-12-9-15(21-14-6-2-3-7-19-14)22-17(20-12)13-5-4-8-23(11-13)16(24)10-18/h2-3,6-7,9,13H,4-5,8,10-11,18H2,1H3,(H,19,20,21,22). The van der Waals surface area contributed by atoms with E-state index < -0.39 is 0 Å². The van der Waals surface area contributed by atoms with Crippen molar-refractivity contribution < 1.29 is 4.79 Å². The molecule has 0 aliphatic carbocycles. The van der Waals surface area contributed by atoms with Gasteiger partial charge in [0.05, 0.1) is 6.54 Å². The van der Waals surface area contributed by atoms with Crippen molar-refractivity contribution in [1.29, 1.82) is 0 Å². The van der Waals surface area contributed by atoms with Gasteiger partial charge in [-0.1, -0.05) is 6.07 Å². The monoisotopic (exact) mass is 326 g/mol. The fraction of sp³-hybridized carbons (Fsp3) is 0.412. The highest BCUT2D eigenvalue weighted by Gasteiger charge is 2.26. The molecular weight excluding hydrogens is 304 g/mol. The molecule has 0 aromatic carbocycles. The summed E-state index contributed by atoms with van der Waals surface area (Å²) in [5.74, 6) is 2.35. The van der Waals surface area contributed by atoms with Crippen molar-refractivity contribution in [3.05, 3.63) is 42.0 Å². The predicted octanol–water partition coefficient (Wildman–Crippen LogP) is 1.59. The maximum atomic E-state index is 11.9. The number of carbonyl (C=O) groups is 1. The maximum absolute atomic E-state index is 11.9. The highest BCUT2D eigenvalue weighted by molar-refractivity contribution is 5.78. The number of nitrogens with two attached hydrogens (primary N) is 1. The van der Waals surface area contributed by atoms with E-state index in [4.69, 9.17) is 5.73 Å². The molecule has 3 N–H and O–H groups in total. The summed E-state index contributed by atoms with van der Waals surface area (Å²) < 4.78 is 0. The Kier molecular flexibility index (Phi) is 5.00. The Bertz CT molecular complexity index is 705. The lowest BCUT2D eigenvalue weighted by atomic mass is 9.97. The smallest absolute Gasteiger partial charge is 0.236 e. The summed E-state index contributed by atoms with van der Waals surface area (Å²) in [6, 6.07) is 7.57. The Morgan fingerprint density at radius 1 is 1.38 bits per heavy atom. The summed E-state index contributed by atoms with van der Waals surface area (Å²) in [5.41, 5.74) is 6.37. The van der Waals surface area contributed by atoms with E-state index in [1.807, 2.05) is 36.1 Å². The van der Waals surface area contributed by atoms with Crippen molar-refractivity contribution in [3.8, 4) is 0 Å². The van der Waals surface area contributed by atoms with Crippen LogP contribution in [0.2, 0.25) is 0 Å². The number of nitrogens with one attached hydrogen (secondary N) is 1. The normalized spacial score (nSPS) is 17.6. The third kappa shape index (κ3) is 3.86. The molecule has 1 unspecified atom stereocenters. The van der Waals surface area contributed by atoms with Crippen molar-refractivity contribution in [2.75, 3.05) is 25.0 Å². The molecule has 3 heterocycles. The van der Waals surface area contributed by atoms with Gasteiger partial charge >= 0.3 is 0 Å². The van der Waals surface area contributed by atoms with E-state index in [1.54, 1.807) is 6.20 Å². The second-order valence-corrected chi connectivity index (χ2v) is 5.98. The van der Waals surface area contributed by atoms with Crippen molar-refractivity contribution in [2.24, 2.45) is 5.73 Å². The molecule has 1 aliphatic heterocycles. The van der Waals surface area contributed by atoms with Crippen LogP contribution in [-0.2, 0) is 4.79 Å². The molecule has 0 saturated carbocycles. The Morgan fingerprint density at radius 2 is 2.25 bits per heavy atom. The van der Waals surface area contributed by atoms with E-state index in [1.165, 1.54) is 0 Å². The zero-order valence-electron chi connectivity index (χ0n) is 13.8. The number of piperidine rings is 1. The Morgan fingerprint density at radius 3 is 3.00 bits per heavy atom. The van der Waals surface area contributed by atoms with E-state index >= 15 is 0 Å². The van der Waals surface area contributed by atoms with Gasteiger partial charge in [0.25, 0.3) is 0 Å². The number of aryl methyl sites for hydroxylation is 1. The molecule has 1 aliphatic rings. The van der Waals surface area contributed by atoms with Crippen molar-refractivity contribution in [1.82, 2.24) is 19.9 Å². The first-order chi connectivity index (χ1) is 11.7. The first-order valence-corrected chi connectivity index (χ1v) is 8.17. The molecule has 1 fully saturated rings. The van der Waals surface area contributed by atoms with Gasteiger partial charge in [-0.05, 0) is 31.9 Å². The number of aromatic nitrogens is 3. The fourth-order valence-electron chi connectivity index (χ4n) is 2.95. The van der Waals surface area contributed by atoms with E-state index in [-0.39, 0.29) is 18.4 Å². The molecule has 2 aromatic heterocycles. The second kappa shape index (κ2) is 7.35. The number of hydrogen-bond acceptors (Lipinski definition) is 6. The first-order valence-electron chi connectivity index (χ1n) is 8.17. The molecule has 1 amide bonds. The number of pyridine rings is 1. The molecule has 0 bridgehead atoms. The number of anilines is 2. The van der Waals surface area contributed by atoms with Crippen molar-refractivity contribution in [3.63, 3.8) is 0 Å². The van der Waals surface area contributed by atoms with Crippen LogP contribution in [-0.4, -0.2) is 45.4 Å². The van der Waals surface area contributed by atoms with Crippen LogP contribution in [0.25, 0.3) is 0 Å². The average molecular weight is 326 g/mol. The van der Waals surface area contributed by atoms with Crippen molar-refractivity contribution in [2.45, 2.75) is 25.7 Å². The second-order valence-electron chi connectivity index (χ2n) is 5.98. The molecule has 7 heteroatoms. The van der Waals surface area contributed by atoms with Gasteiger partial charge in [-0.25, -0.2) is 15.0 Å². The summed E-state index contributed by atoms with van der Waals surface area (Å²) in [6.07, 6.45) is 3.65. The van der Waals surface area contributed by atoms with Crippen LogP contribution < -0.4 is 11.1 Å². The molecule has 7 nitrogen and oxygen atoms in total. The van der Waals surface area contributed by atoms with Crippen LogP contribution in [0.3, 0.4) is 0 Å². The van der Waals surface area contributed by atoms with Gasteiger partial charge in [0, 0.05) is 37.0 Å². The molecule has 1 saturated heterocycles. The van der Waals surface area contributed by atoms with Crippen LogP contribution >= 0.6 is 0 Å². The molecule has 3 rings (SSSR count). The van der Waals surface area contributed by atoms with E-state index in [9.17, 15) is 4.79 Å². The van der Waals surface area contributed by atoms with Gasteiger partial charge in [0.2, 0.25) is 5.91 Å². The zero-order chi connectivity index (χ0) is 16.9. The van der Waals surface area contributed by atoms with Gasteiger partial charge in [-0.3, -0.25) is 4.79 Å². The number of hydrogen-bond donors (Lipinski definition) is 2. The van der Waals surface area contributed by atoms with Crippen molar-refractivity contribution >= 4 is 17.5 Å². The minimum atomic E-state index is -0.0146. The topological polar surface area (TPSA) is 97.0 Å². The lowest BCUT2D eigenvalue weighted by Gasteiger charge is -2.32. The number of nitrogens with zero attached hydrogens (tertiary/aromatic N) is 4. The summed E-state index contributed by atoms with van der Waals surface area (Å²) in [6.45, 7) is 3.38. The highest BCUT2D eigenvalue weighted by atomic mass is 16.2. The van der Waals surface area contributed by atoms with E-state index in [0.29, 0.717) is 6.54 Å². The molecule has 0 spiro atoms. The maximum Gasteiger partial charge on any atom is 0.236 e. The van der Waals surface area contributed by atoms with Gasteiger partial charge in [0.15, 0.2) is 0 Å². The third-order valence-corrected chi connectivity index (χ3v) is 4.11. The SMILES string of the molecule is Cc1cc(Nc2ccccn2)nc(C2CCCN(C(=O)CN)C2)n1. The van der Waals surface area contributed by atoms with Gasteiger partial charge in [0.1, 0.15) is 17.5 Å². The summed E-state index contributed by atoms with van der Waals surface area (Å²) >= 11 is 0. The van der Waals surface area contributed by atoms with Crippen LogP contribution in [0.5, 0.6) is 0 Å². The minimum absolute atomic E-state index is 0.0146. The Labute approximate surface area is 141 Å². The molecular formula is C17H22N6O. The fourth-order valence-corrected chi connectivity index (χ4v) is 2.95. The quantitative estimate of drug-likeness (QED) is 0.885. The molecule has 1 atom stereocenters. The van der Waals surface area contributed by atoms with Crippen LogP contribution in [0.15, 0.2) is 30.5 Å².